The molecule has 1 aliphatic rings. The molecule has 7 nitrogen and oxygen atoms in total. The van der Waals surface area contributed by atoms with Crippen molar-refractivity contribution < 1.29 is 18.0 Å². The van der Waals surface area contributed by atoms with Gasteiger partial charge in [-0.2, -0.15) is 0 Å². The molecule has 0 radical (unpaired) electrons. The number of sulfonamides is 1. The maximum Gasteiger partial charge on any atom is 0.242 e. The van der Waals surface area contributed by atoms with E-state index < -0.39 is 16.1 Å². The van der Waals surface area contributed by atoms with E-state index >= 15 is 0 Å². The summed E-state index contributed by atoms with van der Waals surface area (Å²) in [6, 6.07) is 14.9. The van der Waals surface area contributed by atoms with Gasteiger partial charge in [-0.05, 0) is 56.0 Å². The maximum absolute atomic E-state index is 13.3. The Morgan fingerprint density at radius 1 is 1.06 bits per heavy atom. The molecule has 9 heteroatoms. The zero-order valence-electron chi connectivity index (χ0n) is 21.0. The number of hydrogen-bond donors (Lipinski definition) is 1. The molecule has 1 fully saturated rings. The summed E-state index contributed by atoms with van der Waals surface area (Å²) in [5, 5.41) is 3.68. The predicted octanol–water partition coefficient (Wildman–Crippen LogP) is 4.61. The molecule has 196 valence electrons. The molecule has 1 saturated carbocycles. The van der Waals surface area contributed by atoms with E-state index in [-0.39, 0.29) is 42.3 Å². The summed E-state index contributed by atoms with van der Waals surface area (Å²) in [6.07, 6.45) is 5.77. The number of hydrogen-bond acceptors (Lipinski definition) is 4. The third-order valence-corrected chi connectivity index (χ3v) is 8.78. The first-order chi connectivity index (χ1) is 17.2. The van der Waals surface area contributed by atoms with Gasteiger partial charge < -0.3 is 10.2 Å². The van der Waals surface area contributed by atoms with Gasteiger partial charge in [0, 0.05) is 37.6 Å². The highest BCUT2D eigenvalue weighted by atomic mass is 35.5. The molecule has 2 aromatic carbocycles. The standard InChI is InChI=1S/C27H36ClN3O4S/c1-21(27(33)29-24-13-5-3-6-14-24)31(20-22-11-9-12-23(28)19-22)26(32)17-10-18-30(2)36(34,35)25-15-7-4-8-16-25/h4,7-9,11-12,15-16,19,21,24H,3,5-6,10,13-14,17-18,20H2,1-2H3,(H,29,33)/t21-/m1/s1. The van der Waals surface area contributed by atoms with Crippen molar-refractivity contribution in [2.24, 2.45) is 0 Å². The van der Waals surface area contributed by atoms with Crippen LogP contribution in [0, 0.1) is 0 Å². The number of nitrogens with zero attached hydrogens (tertiary/aromatic N) is 2. The van der Waals surface area contributed by atoms with Crippen molar-refractivity contribution in [2.45, 2.75) is 75.4 Å². The van der Waals surface area contributed by atoms with E-state index in [0.717, 1.165) is 31.2 Å². The van der Waals surface area contributed by atoms with Crippen molar-refractivity contribution in [3.63, 3.8) is 0 Å². The van der Waals surface area contributed by atoms with Gasteiger partial charge in [0.05, 0.1) is 4.90 Å². The highest BCUT2D eigenvalue weighted by Gasteiger charge is 2.28. The summed E-state index contributed by atoms with van der Waals surface area (Å²) in [5.74, 6) is -0.368. The largest absolute Gasteiger partial charge is 0.352 e. The van der Waals surface area contributed by atoms with Crippen LogP contribution in [0.5, 0.6) is 0 Å². The molecule has 0 spiro atoms. The second-order valence-corrected chi connectivity index (χ2v) is 11.9. The molecule has 0 aromatic heterocycles. The number of benzene rings is 2. The van der Waals surface area contributed by atoms with Crippen molar-refractivity contribution >= 4 is 33.4 Å². The lowest BCUT2D eigenvalue weighted by Gasteiger charge is -2.31. The summed E-state index contributed by atoms with van der Waals surface area (Å²) in [6.45, 7) is 2.18. The maximum atomic E-state index is 13.3. The molecule has 1 N–H and O–H groups in total. The van der Waals surface area contributed by atoms with Crippen LogP contribution >= 0.6 is 11.6 Å². The smallest absolute Gasteiger partial charge is 0.242 e. The number of halogens is 1. The van der Waals surface area contributed by atoms with Gasteiger partial charge in [-0.1, -0.05) is 61.2 Å². The molecular formula is C27H36ClN3O4S. The van der Waals surface area contributed by atoms with Crippen LogP contribution in [0.4, 0.5) is 0 Å². The minimum Gasteiger partial charge on any atom is -0.352 e. The van der Waals surface area contributed by atoms with Gasteiger partial charge in [0.25, 0.3) is 0 Å². The van der Waals surface area contributed by atoms with Crippen molar-refractivity contribution in [1.29, 1.82) is 0 Å². The number of nitrogens with one attached hydrogen (secondary N) is 1. The van der Waals surface area contributed by atoms with E-state index in [1.807, 2.05) is 12.1 Å². The first kappa shape index (κ1) is 28.2. The molecule has 1 aliphatic carbocycles. The molecule has 1 atom stereocenters. The lowest BCUT2D eigenvalue weighted by Crippen LogP contribution is -2.50. The highest BCUT2D eigenvalue weighted by molar-refractivity contribution is 7.89. The van der Waals surface area contributed by atoms with Crippen molar-refractivity contribution in [3.05, 3.63) is 65.2 Å². The second-order valence-electron chi connectivity index (χ2n) is 9.41. The number of amides is 2. The predicted molar refractivity (Wildman–Crippen MR) is 142 cm³/mol. The molecule has 0 aliphatic heterocycles. The minimum atomic E-state index is -3.63. The number of carbonyl (C=O) groups excluding carboxylic acids is 2. The third kappa shape index (κ3) is 7.79. The van der Waals surface area contributed by atoms with Gasteiger partial charge in [0.2, 0.25) is 21.8 Å². The molecule has 0 bridgehead atoms. The van der Waals surface area contributed by atoms with Gasteiger partial charge in [-0.15, -0.1) is 0 Å². The van der Waals surface area contributed by atoms with Crippen molar-refractivity contribution in [1.82, 2.24) is 14.5 Å². The van der Waals surface area contributed by atoms with Crippen molar-refractivity contribution in [2.75, 3.05) is 13.6 Å². The minimum absolute atomic E-state index is 0.121. The van der Waals surface area contributed by atoms with Crippen LogP contribution in [0.1, 0.15) is 57.4 Å². The monoisotopic (exact) mass is 533 g/mol. The zero-order chi connectivity index (χ0) is 26.1. The molecule has 2 amide bonds. The molecule has 0 unspecified atom stereocenters. The lowest BCUT2D eigenvalue weighted by atomic mass is 9.95. The first-order valence-corrected chi connectivity index (χ1v) is 14.4. The quantitative estimate of drug-likeness (QED) is 0.457. The Labute approximate surface area is 219 Å². The topological polar surface area (TPSA) is 86.8 Å². The molecular weight excluding hydrogens is 498 g/mol. The van der Waals surface area contributed by atoms with Crippen LogP contribution in [0.25, 0.3) is 0 Å². The normalized spacial score (nSPS) is 15.4. The lowest BCUT2D eigenvalue weighted by molar-refractivity contribution is -0.141. The first-order valence-electron chi connectivity index (χ1n) is 12.5. The Morgan fingerprint density at radius 3 is 2.42 bits per heavy atom. The molecule has 3 rings (SSSR count). The SMILES string of the molecule is C[C@H](C(=O)NC1CCCCC1)N(Cc1cccc(Cl)c1)C(=O)CCCN(C)S(=O)(=O)c1ccccc1. The van der Waals surface area contributed by atoms with Crippen LogP contribution in [0.2, 0.25) is 5.02 Å². The molecule has 0 heterocycles. The van der Waals surface area contributed by atoms with Gasteiger partial charge in [-0.3, -0.25) is 9.59 Å². The van der Waals surface area contributed by atoms with E-state index in [2.05, 4.69) is 5.32 Å². The summed E-state index contributed by atoms with van der Waals surface area (Å²) >= 11 is 6.15. The van der Waals surface area contributed by atoms with E-state index in [1.54, 1.807) is 54.3 Å². The number of carbonyl (C=O) groups is 2. The Bertz CT molecular complexity index is 1120. The molecule has 36 heavy (non-hydrogen) atoms. The van der Waals surface area contributed by atoms with Crippen LogP contribution in [0.3, 0.4) is 0 Å². The van der Waals surface area contributed by atoms with Gasteiger partial charge in [0.15, 0.2) is 0 Å². The summed E-state index contributed by atoms with van der Waals surface area (Å²) < 4.78 is 26.8. The average molecular weight is 534 g/mol. The van der Waals surface area contributed by atoms with Crippen LogP contribution < -0.4 is 5.32 Å². The Balaban J connectivity index is 1.65. The van der Waals surface area contributed by atoms with Gasteiger partial charge >= 0.3 is 0 Å². The van der Waals surface area contributed by atoms with E-state index in [9.17, 15) is 18.0 Å². The second kappa shape index (κ2) is 13.2. The van der Waals surface area contributed by atoms with Gasteiger partial charge in [-0.25, -0.2) is 12.7 Å². The van der Waals surface area contributed by atoms with Gasteiger partial charge in [0.1, 0.15) is 6.04 Å². The van der Waals surface area contributed by atoms with Crippen LogP contribution in [-0.4, -0.2) is 55.1 Å². The Morgan fingerprint density at radius 2 is 1.75 bits per heavy atom. The third-order valence-electron chi connectivity index (χ3n) is 6.68. The zero-order valence-corrected chi connectivity index (χ0v) is 22.6. The Hall–Kier alpha value is -2.42. The highest BCUT2D eigenvalue weighted by Crippen LogP contribution is 2.20. The fourth-order valence-electron chi connectivity index (χ4n) is 4.47. The average Bonchev–Trinajstić information content (AvgIpc) is 2.87. The Kier molecular flexibility index (Phi) is 10.3. The van der Waals surface area contributed by atoms with Crippen LogP contribution in [0.15, 0.2) is 59.5 Å². The molecule has 0 saturated heterocycles. The molecule has 2 aromatic rings. The van der Waals surface area contributed by atoms with E-state index in [0.29, 0.717) is 11.4 Å². The van der Waals surface area contributed by atoms with E-state index in [1.165, 1.54) is 17.8 Å². The summed E-state index contributed by atoms with van der Waals surface area (Å²) in [4.78, 5) is 28.2. The van der Waals surface area contributed by atoms with Crippen LogP contribution in [-0.2, 0) is 26.2 Å². The fourth-order valence-corrected chi connectivity index (χ4v) is 5.92. The van der Waals surface area contributed by atoms with E-state index in [4.69, 9.17) is 11.6 Å². The van der Waals surface area contributed by atoms with Crippen molar-refractivity contribution in [3.8, 4) is 0 Å². The number of rotatable bonds is 11. The summed E-state index contributed by atoms with van der Waals surface area (Å²) in [5.41, 5.74) is 0.830. The fraction of sp³-hybridized carbons (Fsp3) is 0.481. The summed E-state index contributed by atoms with van der Waals surface area (Å²) in [7, 11) is -2.12.